The molecular formula is C16H9FINO2. The van der Waals surface area contributed by atoms with Crippen molar-refractivity contribution in [2.24, 2.45) is 0 Å². The zero-order valence-electron chi connectivity index (χ0n) is 10.8. The Kier molecular flexibility index (Phi) is 2.95. The Labute approximate surface area is 133 Å². The third kappa shape index (κ3) is 2.03. The largest absolute Gasteiger partial charge is 0.454 e. The van der Waals surface area contributed by atoms with E-state index in [1.165, 1.54) is 0 Å². The minimum atomic E-state index is -0.312. The molecule has 1 aromatic heterocycles. The van der Waals surface area contributed by atoms with Gasteiger partial charge >= 0.3 is 0 Å². The molecule has 2 aromatic carbocycles. The van der Waals surface area contributed by atoms with Gasteiger partial charge in [0, 0.05) is 10.9 Å². The first kappa shape index (κ1) is 12.8. The summed E-state index contributed by atoms with van der Waals surface area (Å²) in [6.45, 7) is 0.198. The average Bonchev–Trinajstić information content (AvgIpc) is 2.98. The van der Waals surface area contributed by atoms with E-state index >= 15 is 0 Å². The molecule has 0 unspecified atom stereocenters. The summed E-state index contributed by atoms with van der Waals surface area (Å²) < 4.78 is 25.8. The fraction of sp³-hybridized carbons (Fsp3) is 0.0625. The molecule has 3 aromatic rings. The number of pyridine rings is 1. The highest BCUT2D eigenvalue weighted by atomic mass is 127. The summed E-state index contributed by atoms with van der Waals surface area (Å²) in [5.74, 6) is 0.986. The number of nitrogens with zero attached hydrogens (tertiary/aromatic N) is 1. The van der Waals surface area contributed by atoms with Crippen LogP contribution >= 0.6 is 22.6 Å². The van der Waals surface area contributed by atoms with E-state index in [0.717, 1.165) is 10.9 Å². The van der Waals surface area contributed by atoms with Gasteiger partial charge in [0.1, 0.15) is 5.69 Å². The molecule has 4 rings (SSSR count). The Morgan fingerprint density at radius 3 is 2.76 bits per heavy atom. The van der Waals surface area contributed by atoms with Crippen molar-refractivity contribution >= 4 is 33.5 Å². The van der Waals surface area contributed by atoms with Crippen LogP contribution in [-0.2, 0) is 0 Å². The van der Waals surface area contributed by atoms with Crippen LogP contribution in [0.2, 0.25) is 0 Å². The van der Waals surface area contributed by atoms with Gasteiger partial charge in [0.2, 0.25) is 6.79 Å². The first-order chi connectivity index (χ1) is 10.2. The molecule has 0 N–H and O–H groups in total. The Morgan fingerprint density at radius 2 is 1.86 bits per heavy atom. The fourth-order valence-electron chi connectivity index (χ4n) is 2.38. The molecule has 1 aliphatic rings. The predicted molar refractivity (Wildman–Crippen MR) is 86.0 cm³/mol. The topological polar surface area (TPSA) is 31.4 Å². The first-order valence-corrected chi connectivity index (χ1v) is 7.45. The van der Waals surface area contributed by atoms with Crippen molar-refractivity contribution in [3.63, 3.8) is 0 Å². The fourth-order valence-corrected chi connectivity index (χ4v) is 3.10. The summed E-state index contributed by atoms with van der Waals surface area (Å²) in [6.07, 6.45) is 0. The summed E-state index contributed by atoms with van der Waals surface area (Å²) in [7, 11) is 0. The van der Waals surface area contributed by atoms with E-state index < -0.39 is 0 Å². The van der Waals surface area contributed by atoms with Gasteiger partial charge < -0.3 is 9.47 Å². The van der Waals surface area contributed by atoms with Crippen LogP contribution in [0.4, 0.5) is 4.39 Å². The summed E-state index contributed by atoms with van der Waals surface area (Å²) >= 11 is 2.02. The van der Waals surface area contributed by atoms with E-state index in [2.05, 4.69) is 4.98 Å². The molecule has 0 bridgehead atoms. The number of hydrogen-bond acceptors (Lipinski definition) is 3. The molecule has 0 spiro atoms. The van der Waals surface area contributed by atoms with Crippen molar-refractivity contribution in [3.8, 4) is 22.8 Å². The highest BCUT2D eigenvalue weighted by Gasteiger charge is 2.18. The van der Waals surface area contributed by atoms with Crippen molar-refractivity contribution in [2.45, 2.75) is 0 Å². The smallest absolute Gasteiger partial charge is 0.231 e. The Balaban J connectivity index is 1.96. The Hall–Kier alpha value is -1.89. The van der Waals surface area contributed by atoms with Crippen molar-refractivity contribution in [2.75, 3.05) is 6.79 Å². The number of para-hydroxylation sites is 1. The lowest BCUT2D eigenvalue weighted by Crippen LogP contribution is -1.95. The molecule has 2 heterocycles. The molecule has 21 heavy (non-hydrogen) atoms. The molecular weight excluding hydrogens is 384 g/mol. The molecule has 5 heteroatoms. The number of hydrogen-bond donors (Lipinski definition) is 0. The van der Waals surface area contributed by atoms with Crippen LogP contribution in [-0.4, -0.2) is 11.8 Å². The van der Waals surface area contributed by atoms with Gasteiger partial charge in [0.15, 0.2) is 17.3 Å². The van der Waals surface area contributed by atoms with E-state index in [4.69, 9.17) is 9.47 Å². The highest BCUT2D eigenvalue weighted by Crippen LogP contribution is 2.37. The van der Waals surface area contributed by atoms with Crippen LogP contribution in [0.1, 0.15) is 0 Å². The van der Waals surface area contributed by atoms with Gasteiger partial charge in [-0.1, -0.05) is 18.2 Å². The average molecular weight is 393 g/mol. The lowest BCUT2D eigenvalue weighted by atomic mass is 10.1. The Morgan fingerprint density at radius 1 is 1.05 bits per heavy atom. The van der Waals surface area contributed by atoms with Crippen molar-refractivity contribution < 1.29 is 13.9 Å². The van der Waals surface area contributed by atoms with E-state index in [1.54, 1.807) is 18.2 Å². The first-order valence-electron chi connectivity index (χ1n) is 6.38. The SMILES string of the molecule is Fc1c(-c2ccc3c(c2)OCO3)nc2ccccc2c1I. The van der Waals surface area contributed by atoms with Gasteiger partial charge in [-0.05, 0) is 46.9 Å². The molecule has 0 aliphatic carbocycles. The number of ether oxygens (including phenoxy) is 2. The molecule has 0 amide bonds. The van der Waals surface area contributed by atoms with Crippen molar-refractivity contribution in [3.05, 3.63) is 51.9 Å². The quantitative estimate of drug-likeness (QED) is 0.576. The maximum absolute atomic E-state index is 14.6. The maximum atomic E-state index is 14.6. The van der Waals surface area contributed by atoms with Crippen LogP contribution in [0.3, 0.4) is 0 Å². The third-order valence-corrected chi connectivity index (χ3v) is 4.47. The predicted octanol–water partition coefficient (Wildman–Crippen LogP) is 4.37. The molecule has 104 valence electrons. The molecule has 0 saturated heterocycles. The van der Waals surface area contributed by atoms with Gasteiger partial charge in [-0.15, -0.1) is 0 Å². The molecule has 0 fully saturated rings. The van der Waals surface area contributed by atoms with Gasteiger partial charge in [0.05, 0.1) is 9.09 Å². The van der Waals surface area contributed by atoms with E-state index in [1.807, 2.05) is 46.9 Å². The molecule has 1 aliphatic heterocycles. The van der Waals surface area contributed by atoms with E-state index in [0.29, 0.717) is 26.3 Å². The Bertz CT molecular complexity index is 866. The zero-order chi connectivity index (χ0) is 14.4. The number of benzene rings is 2. The van der Waals surface area contributed by atoms with Gasteiger partial charge in [-0.3, -0.25) is 0 Å². The minimum absolute atomic E-state index is 0.198. The summed E-state index contributed by atoms with van der Waals surface area (Å²) in [5.41, 5.74) is 1.78. The van der Waals surface area contributed by atoms with E-state index in [-0.39, 0.29) is 12.6 Å². The van der Waals surface area contributed by atoms with Crippen LogP contribution in [0.5, 0.6) is 11.5 Å². The van der Waals surface area contributed by atoms with Gasteiger partial charge in [-0.2, -0.15) is 0 Å². The molecule has 0 saturated carbocycles. The molecule has 0 atom stereocenters. The summed E-state index contributed by atoms with van der Waals surface area (Å²) in [4.78, 5) is 4.46. The van der Waals surface area contributed by atoms with Crippen LogP contribution < -0.4 is 9.47 Å². The number of rotatable bonds is 1. The second-order valence-corrected chi connectivity index (χ2v) is 5.75. The van der Waals surface area contributed by atoms with Gasteiger partial charge in [0.25, 0.3) is 0 Å². The van der Waals surface area contributed by atoms with E-state index in [9.17, 15) is 4.39 Å². The summed E-state index contributed by atoms with van der Waals surface area (Å²) in [5, 5.41) is 0.820. The van der Waals surface area contributed by atoms with Crippen molar-refractivity contribution in [1.82, 2.24) is 4.98 Å². The van der Waals surface area contributed by atoms with Crippen LogP contribution in [0.15, 0.2) is 42.5 Å². The standard InChI is InChI=1S/C16H9FINO2/c17-14-15(18)10-3-1-2-4-11(10)19-16(14)9-5-6-12-13(7-9)21-8-20-12/h1-7H,8H2. The second-order valence-electron chi connectivity index (χ2n) is 4.67. The van der Waals surface area contributed by atoms with Crippen LogP contribution in [0, 0.1) is 9.39 Å². The van der Waals surface area contributed by atoms with Crippen molar-refractivity contribution in [1.29, 1.82) is 0 Å². The maximum Gasteiger partial charge on any atom is 0.231 e. The molecule has 0 radical (unpaired) electrons. The normalized spacial score (nSPS) is 12.9. The number of halogens is 2. The van der Waals surface area contributed by atoms with Gasteiger partial charge in [-0.25, -0.2) is 9.37 Å². The van der Waals surface area contributed by atoms with Crippen LogP contribution in [0.25, 0.3) is 22.2 Å². The zero-order valence-corrected chi connectivity index (χ0v) is 12.9. The monoisotopic (exact) mass is 393 g/mol. The minimum Gasteiger partial charge on any atom is -0.454 e. The number of fused-ring (bicyclic) bond motifs is 2. The lowest BCUT2D eigenvalue weighted by Gasteiger charge is -2.08. The second kappa shape index (κ2) is 4.84. The lowest BCUT2D eigenvalue weighted by molar-refractivity contribution is 0.174. The number of aromatic nitrogens is 1. The highest BCUT2D eigenvalue weighted by molar-refractivity contribution is 14.1. The third-order valence-electron chi connectivity index (χ3n) is 3.42. The molecule has 3 nitrogen and oxygen atoms in total. The summed E-state index contributed by atoms with van der Waals surface area (Å²) in [6, 6.07) is 12.9.